The highest BCUT2D eigenvalue weighted by Crippen LogP contribution is 2.67. The predicted octanol–water partition coefficient (Wildman–Crippen LogP) is 38.0. The highest BCUT2D eigenvalue weighted by atomic mass is 28.3. The van der Waals surface area contributed by atoms with E-state index >= 15 is 0 Å². The van der Waals surface area contributed by atoms with Crippen molar-refractivity contribution in [1.29, 1.82) is 0 Å². The van der Waals surface area contributed by atoms with E-state index in [4.69, 9.17) is 0 Å². The highest BCUT2D eigenvalue weighted by molar-refractivity contribution is 6.77. The fourth-order valence-electron chi connectivity index (χ4n) is 32.7. The lowest BCUT2D eigenvalue weighted by molar-refractivity contribution is 0.138. The average molecular weight is 1940 g/mol. The third-order valence-corrected chi connectivity index (χ3v) is 52.1. The summed E-state index contributed by atoms with van der Waals surface area (Å²) in [6.45, 7) is 56.4. The number of hydrogen-bond donors (Lipinski definition) is 0. The topological polar surface area (TPSA) is 19.4 Å². The molecule has 0 heterocycles. The zero-order valence-corrected chi connectivity index (χ0v) is 94.6. The number of fused-ring (bicyclic) bond motifs is 12. The van der Waals surface area contributed by atoms with Gasteiger partial charge < -0.3 is 28.4 Å². The smallest absolute Gasteiger partial charge is 0.127 e. The first-order chi connectivity index (χ1) is 68.0. The van der Waals surface area contributed by atoms with Gasteiger partial charge in [-0.25, -0.2) is 0 Å². The Morgan fingerprint density at radius 1 is 0.296 bits per heavy atom. The van der Waals surface area contributed by atoms with Gasteiger partial charge >= 0.3 is 0 Å². The van der Waals surface area contributed by atoms with Gasteiger partial charge in [-0.05, 0) is 367 Å². The summed E-state index contributed by atoms with van der Waals surface area (Å²) < 4.78 is 9.40. The van der Waals surface area contributed by atoms with Gasteiger partial charge in [-0.3, -0.25) is 0 Å². The molecule has 9 heteroatoms. The highest BCUT2D eigenvalue weighted by Gasteiger charge is 2.60. The lowest BCUT2D eigenvalue weighted by Crippen LogP contribution is -2.65. The van der Waals surface area contributed by atoms with Crippen molar-refractivity contribution in [3.05, 3.63) is 323 Å². The lowest BCUT2D eigenvalue weighted by atomic mass is 9.68. The number of anilines is 9. The van der Waals surface area contributed by atoms with Crippen LogP contribution in [0, 0.1) is 41.4 Å². The van der Waals surface area contributed by atoms with Crippen LogP contribution < -0.4 is 14.7 Å². The maximum atomic E-state index is 3.16. The second kappa shape index (κ2) is 40.9. The van der Waals surface area contributed by atoms with E-state index in [1.165, 1.54) is 257 Å². The molecule has 0 bridgehead atoms. The second-order valence-electron chi connectivity index (χ2n) is 51.5. The SMILES string of the molecule is CC1(C)C2=CC3C(C=C2c2ccc(N(c4ccccc4)c4ccccc4)cc21)CCC3[Si](C)(C)N(C1CCCCC1)C(C)(C)C.CC1CC2C=C3C(=CC2C1[Si](C)(C)N(C1CCCCC1)C(C)(C)C)C(C)(C)c1cc(N(c2ccccc2)c2ccccc2)ccc13.CCCCC1(CCCC)C2=CC3C(C=C2c2ccc(N(c4ccccc4)c4ccccc4)cc21)CCC3[Si](C)(C)N(C1CCCCC1)C(C)(C)C. The number of nitrogens with zero attached hydrogens (tertiary/aromatic N) is 6. The molecule has 0 radical (unpaired) electrons. The summed E-state index contributed by atoms with van der Waals surface area (Å²) in [4.78, 5) is 7.29. The summed E-state index contributed by atoms with van der Waals surface area (Å²) in [6, 6.07) is 89.7. The van der Waals surface area contributed by atoms with E-state index in [-0.39, 0.29) is 32.9 Å². The van der Waals surface area contributed by atoms with Crippen LogP contribution in [0.3, 0.4) is 0 Å². The maximum absolute atomic E-state index is 3.16. The quantitative estimate of drug-likeness (QED) is 0.0558. The molecule has 0 saturated heterocycles. The summed E-state index contributed by atoms with van der Waals surface area (Å²) in [5.74, 6) is 4.71. The number of rotatable bonds is 24. The van der Waals surface area contributed by atoms with Crippen LogP contribution in [0.15, 0.2) is 290 Å². The maximum Gasteiger partial charge on any atom is 0.127 e. The Kier molecular flexibility index (Phi) is 29.4. The van der Waals surface area contributed by atoms with Crippen molar-refractivity contribution in [2.75, 3.05) is 14.7 Å². The van der Waals surface area contributed by atoms with Gasteiger partial charge in [-0.15, -0.1) is 0 Å². The first-order valence-corrected chi connectivity index (χ1v) is 65.9. The zero-order valence-electron chi connectivity index (χ0n) is 91.6. The van der Waals surface area contributed by atoms with E-state index in [1.807, 2.05) is 0 Å². The van der Waals surface area contributed by atoms with Gasteiger partial charge in [0.05, 0.1) is 0 Å². The fraction of sp³-hybridized carbons (Fsp3) is 0.504. The molecule has 9 aromatic carbocycles. The Balaban J connectivity index is 0.000000136. The van der Waals surface area contributed by atoms with E-state index in [9.17, 15) is 0 Å². The predicted molar refractivity (Wildman–Crippen MR) is 621 cm³/mol. The molecule has 10 atom stereocenters. The molecule has 12 aliphatic carbocycles. The van der Waals surface area contributed by atoms with Gasteiger partial charge in [0.2, 0.25) is 0 Å². The van der Waals surface area contributed by atoms with E-state index in [0.29, 0.717) is 35.5 Å². The third-order valence-electron chi connectivity index (χ3n) is 37.7. The monoisotopic (exact) mass is 1940 g/mol. The Hall–Kier alpha value is -8.65. The van der Waals surface area contributed by atoms with Crippen LogP contribution in [0.2, 0.25) is 55.9 Å². The van der Waals surface area contributed by atoms with Crippen molar-refractivity contribution >= 4 is 92.6 Å². The molecule has 6 nitrogen and oxygen atoms in total. The second-order valence-corrected chi connectivity index (χ2v) is 65.0. The largest absolute Gasteiger partial charge is 0.316 e. The number of allylic oxidation sites excluding steroid dienone is 12. The number of benzene rings is 9. The average Bonchev–Trinajstić information content (AvgIpc) is 1.54. The Labute approximate surface area is 863 Å². The van der Waals surface area contributed by atoms with Crippen LogP contribution in [0.1, 0.15) is 311 Å². The van der Waals surface area contributed by atoms with E-state index in [1.54, 1.807) is 27.9 Å². The van der Waals surface area contributed by atoms with Crippen molar-refractivity contribution < 1.29 is 0 Å². The minimum atomic E-state index is -1.81. The molecule has 0 spiro atoms. The van der Waals surface area contributed by atoms with Gasteiger partial charge in [0.1, 0.15) is 24.7 Å². The van der Waals surface area contributed by atoms with Crippen LogP contribution in [-0.4, -0.2) is 73.1 Å². The van der Waals surface area contributed by atoms with Crippen LogP contribution >= 0.6 is 0 Å². The van der Waals surface area contributed by atoms with Gasteiger partial charge in [-0.1, -0.05) is 348 Å². The molecule has 10 unspecified atom stereocenters. The summed E-state index contributed by atoms with van der Waals surface area (Å²) >= 11 is 0. The Bertz CT molecular complexity index is 5950. The molecule has 0 aromatic heterocycles. The molecular weight excluding hydrogens is 1770 g/mol. The first-order valence-electron chi connectivity index (χ1n) is 56.8. The summed E-state index contributed by atoms with van der Waals surface area (Å²) in [5.41, 5.74) is 32.5. The van der Waals surface area contributed by atoms with Crippen molar-refractivity contribution in [1.82, 2.24) is 13.7 Å². The number of hydrogen-bond acceptors (Lipinski definition) is 6. The Morgan fingerprint density at radius 3 is 0.894 bits per heavy atom. The van der Waals surface area contributed by atoms with E-state index in [2.05, 4.69) is 452 Å². The van der Waals surface area contributed by atoms with Crippen LogP contribution in [0.5, 0.6) is 0 Å². The van der Waals surface area contributed by atoms with E-state index < -0.39 is 24.7 Å². The van der Waals surface area contributed by atoms with Crippen LogP contribution in [0.4, 0.5) is 51.2 Å². The summed E-state index contributed by atoms with van der Waals surface area (Å²) in [5, 5.41) is 0. The molecule has 21 rings (SSSR count). The standard InChI is InChI=1S/C48H66N2Si.C43H56N2Si.C42H54N2Si/c1-8-10-31-48(32-11-9-2)44-34-40(49(37-21-15-12-16-22-37)38-23-17-13-18-24-38)28-29-41(44)43-33-36-27-30-46(42(36)35-45(43)48)51(6,7)50(47(3,4)5)39-25-19-14-20-26-39;1-30-26-31-27-38-36-25-24-35(44(32-18-12-9-13-19-32)33-20-14-10-15-21-33)28-39(36)43(5,6)40(38)29-37(31)41(30)46(7,8)45(42(2,3)4)34-22-16-11-17-23-34;1-41(2,3)44(33-21-15-10-16-22-33)45(6,7)40-26-23-30-27-37-35-25-24-34(28-38(35)42(4,5)39(37)29-36(30)40)43(31-17-11-8-12-18-31)32-19-13-9-14-20-32/h12-13,15-18,21-24,28-29,33-36,39,42,46H,8-11,14,19-20,25-27,30-32H2,1-7H3;9-10,12-15,18-21,24-25,27-31,34,37,41H,11,16-17,22-23,26H2,1-8H3;8-9,11-14,17-20,24-25,27-30,33,36,40H,10,15-16,21-23,26H2,1-7H3. The van der Waals surface area contributed by atoms with Crippen molar-refractivity contribution in [3.63, 3.8) is 0 Å². The fourth-order valence-corrected chi connectivity index (χ4v) is 49.7. The normalized spacial score (nSPS) is 24.4. The molecule has 6 saturated carbocycles. The minimum Gasteiger partial charge on any atom is -0.316 e. The molecule has 0 aliphatic heterocycles. The number of para-hydroxylation sites is 6. The van der Waals surface area contributed by atoms with Crippen LogP contribution in [0.25, 0.3) is 16.7 Å². The van der Waals surface area contributed by atoms with Crippen molar-refractivity contribution in [3.8, 4) is 0 Å². The van der Waals surface area contributed by atoms with E-state index in [0.717, 1.165) is 40.7 Å². The summed E-state index contributed by atoms with van der Waals surface area (Å²) in [6.07, 6.45) is 52.3. The first kappa shape index (κ1) is 102. The molecular formula is C133H176N6Si3. The number of unbranched alkanes of at least 4 members (excludes halogenated alkanes) is 2. The summed E-state index contributed by atoms with van der Waals surface area (Å²) in [7, 11) is -5.35. The molecule has 750 valence electrons. The Morgan fingerprint density at radius 2 is 0.577 bits per heavy atom. The van der Waals surface area contributed by atoms with Gasteiger partial charge in [0, 0.05) is 102 Å². The third kappa shape index (κ3) is 19.3. The molecule has 142 heavy (non-hydrogen) atoms. The zero-order chi connectivity index (χ0) is 99.8. The van der Waals surface area contributed by atoms with Crippen molar-refractivity contribution in [2.24, 2.45) is 41.4 Å². The van der Waals surface area contributed by atoms with Gasteiger partial charge in [0.25, 0.3) is 0 Å². The molecule has 0 amide bonds. The van der Waals surface area contributed by atoms with Crippen molar-refractivity contribution in [2.45, 2.75) is 385 Å². The molecule has 0 N–H and O–H groups in total. The molecule has 9 aromatic rings. The lowest BCUT2D eigenvalue weighted by Gasteiger charge is -2.56. The minimum absolute atomic E-state index is 0.0207. The molecule has 6 fully saturated rings. The van der Waals surface area contributed by atoms with Crippen LogP contribution in [-0.2, 0) is 16.2 Å². The van der Waals surface area contributed by atoms with Gasteiger partial charge in [-0.2, -0.15) is 0 Å². The van der Waals surface area contributed by atoms with Gasteiger partial charge in [0.15, 0.2) is 0 Å². The molecule has 12 aliphatic rings.